The maximum absolute atomic E-state index is 15.2. The lowest BCUT2D eigenvalue weighted by molar-refractivity contribution is -0.319. The number of fused-ring (bicyclic) bond motifs is 2. The number of Topliss-reactive ketones (excluding diaryl/α,β-unsaturated/α-hetero) is 1. The Morgan fingerprint density at radius 1 is 0.896 bits per heavy atom. The summed E-state index contributed by atoms with van der Waals surface area (Å²) in [6.45, 7) is 17.4. The van der Waals surface area contributed by atoms with Gasteiger partial charge in [0.15, 0.2) is 24.0 Å². The van der Waals surface area contributed by atoms with E-state index in [0.29, 0.717) is 12.2 Å². The second-order valence-electron chi connectivity index (χ2n) is 22.6. The van der Waals surface area contributed by atoms with Gasteiger partial charge >= 0.3 is 17.9 Å². The van der Waals surface area contributed by atoms with E-state index < -0.39 is 125 Å². The molecule has 2 aromatic carbocycles. The van der Waals surface area contributed by atoms with Crippen molar-refractivity contribution in [1.29, 1.82) is 0 Å². The average molecular weight is 1080 g/mol. The van der Waals surface area contributed by atoms with Gasteiger partial charge in [-0.25, -0.2) is 4.79 Å². The minimum atomic E-state index is -1.68. The number of aliphatic hydroxyl groups is 2. The van der Waals surface area contributed by atoms with Gasteiger partial charge in [-0.1, -0.05) is 74.4 Å². The third-order valence-electron chi connectivity index (χ3n) is 16.9. The van der Waals surface area contributed by atoms with Crippen LogP contribution in [-0.2, 0) is 68.3 Å². The number of oxime groups is 1. The van der Waals surface area contributed by atoms with Gasteiger partial charge in [0.05, 0.1) is 48.0 Å². The van der Waals surface area contributed by atoms with Gasteiger partial charge in [0, 0.05) is 62.3 Å². The monoisotopic (exact) mass is 1080 g/mol. The van der Waals surface area contributed by atoms with E-state index in [1.54, 1.807) is 55.4 Å². The first-order valence-electron chi connectivity index (χ1n) is 26.9. The van der Waals surface area contributed by atoms with Crippen molar-refractivity contribution in [3.63, 3.8) is 0 Å². The number of hydrogen-bond acceptors (Lipinski definition) is 20. The third kappa shape index (κ3) is 12.4. The van der Waals surface area contributed by atoms with Crippen molar-refractivity contribution in [2.24, 2.45) is 46.4 Å². The second-order valence-corrected chi connectivity index (χ2v) is 22.6. The molecule has 19 atom stereocenters. The zero-order valence-electron chi connectivity index (χ0n) is 47.0. The van der Waals surface area contributed by atoms with Crippen molar-refractivity contribution in [3.8, 4) is 11.4 Å². The van der Waals surface area contributed by atoms with Crippen LogP contribution in [0.3, 0.4) is 0 Å². The molecule has 3 aromatic rings. The summed E-state index contributed by atoms with van der Waals surface area (Å²) in [7, 11) is 6.71. The number of hydrogen-bond donors (Lipinski definition) is 3. The van der Waals surface area contributed by atoms with Crippen LogP contribution in [-0.4, -0.2) is 161 Å². The molecule has 4 aliphatic rings. The van der Waals surface area contributed by atoms with Crippen LogP contribution in [0.25, 0.3) is 22.2 Å². The first-order chi connectivity index (χ1) is 36.3. The highest BCUT2D eigenvalue weighted by Gasteiger charge is 2.63. The number of aromatic nitrogens is 2. The van der Waals surface area contributed by atoms with Crippen molar-refractivity contribution in [3.05, 3.63) is 48.4 Å². The molecule has 7 rings (SSSR count). The van der Waals surface area contributed by atoms with Gasteiger partial charge in [0.1, 0.15) is 30.0 Å². The Morgan fingerprint density at radius 3 is 2.25 bits per heavy atom. The van der Waals surface area contributed by atoms with E-state index in [1.807, 2.05) is 75.3 Å². The Kier molecular flexibility index (Phi) is 18.7. The second kappa shape index (κ2) is 24.2. The van der Waals surface area contributed by atoms with Crippen molar-refractivity contribution >= 4 is 40.3 Å². The van der Waals surface area contributed by atoms with Gasteiger partial charge in [-0.3, -0.25) is 14.4 Å². The van der Waals surface area contributed by atoms with Gasteiger partial charge in [0.2, 0.25) is 11.7 Å². The predicted molar refractivity (Wildman–Crippen MR) is 279 cm³/mol. The number of esters is 2. The molecule has 5 heterocycles. The molecular formula is C56H81N5O16. The molecule has 0 bridgehead atoms. The standard InChI is InChI=1S/C56H81N5O16/c1-15-38-56(10)43(42(52(67)75-56)49(57)59-77-40(62)23-22-39-58-50(60-76-39)36-21-20-34-18-16-17-19-35(34)25-36)30(4)44(63)28(2)26-55(9,69-14)48(74-53-45(64)37(61(11)12)24-29(3)70-53)31(5)46(32(6)51(66)72-38)73-41-27-54(8,68-13)47(65)33(7)71-41/h16-21,25,28-33,37-38,41-43,45-48,53,64-65H,15,22-24,26-27H2,1-14H3,(H2,57,59)/t28-,29?,30-,31+,32-,33?,37?,38-,41?,42?,43?,45?,46+,47?,48-,53?,54?,55+,56-/m1/s1. The van der Waals surface area contributed by atoms with Crippen molar-refractivity contribution in [1.82, 2.24) is 15.0 Å². The van der Waals surface area contributed by atoms with E-state index in [-0.39, 0.29) is 55.9 Å². The Morgan fingerprint density at radius 2 is 1.58 bits per heavy atom. The number of aryl methyl sites for hydroxylation is 1. The van der Waals surface area contributed by atoms with Crippen molar-refractivity contribution in [2.75, 3.05) is 28.3 Å². The molecule has 4 fully saturated rings. The number of benzene rings is 2. The molecule has 0 saturated carbocycles. The minimum Gasteiger partial charge on any atom is -0.458 e. The lowest BCUT2D eigenvalue weighted by Crippen LogP contribution is -2.61. The van der Waals surface area contributed by atoms with E-state index >= 15 is 9.59 Å². The molecule has 21 nitrogen and oxygen atoms in total. The normalized spacial score (nSPS) is 38.7. The van der Waals surface area contributed by atoms with E-state index in [4.69, 9.17) is 53.0 Å². The average Bonchev–Trinajstić information content (AvgIpc) is 4.04. The van der Waals surface area contributed by atoms with Crippen molar-refractivity contribution in [2.45, 2.75) is 186 Å². The molecule has 426 valence electrons. The highest BCUT2D eigenvalue weighted by molar-refractivity contribution is 6.03. The van der Waals surface area contributed by atoms with Crippen molar-refractivity contribution < 1.29 is 76.6 Å². The van der Waals surface area contributed by atoms with E-state index in [2.05, 4.69) is 15.3 Å². The quantitative estimate of drug-likeness (QED) is 0.0589. The molecule has 4 saturated heterocycles. The largest absolute Gasteiger partial charge is 0.458 e. The summed E-state index contributed by atoms with van der Waals surface area (Å²) in [6.07, 6.45) is -8.21. The summed E-state index contributed by atoms with van der Waals surface area (Å²) in [6, 6.07) is 13.3. The summed E-state index contributed by atoms with van der Waals surface area (Å²) in [5.41, 5.74) is 3.20. The van der Waals surface area contributed by atoms with Crippen LogP contribution in [0.2, 0.25) is 0 Å². The Bertz CT molecular complexity index is 2600. The molecule has 0 radical (unpaired) electrons. The first-order valence-corrected chi connectivity index (χ1v) is 26.9. The molecule has 21 heteroatoms. The molecular weight excluding hydrogens is 999 g/mol. The number of aliphatic hydroxyl groups excluding tert-OH is 2. The molecule has 0 spiro atoms. The SMILES string of the molecule is CC[C@H]1OC(=O)[C@H](C)[C@@H](OC2CC(C)(OC)C(O)C(C)O2)[C@H](C)[C@@H](OC2OC(C)CC(N(C)C)C2O)[C@@](C)(OC)C[C@@H](C)C(=O)[C@H](C)C2C(/C(N)=N\OC(=O)CCc3nc(-c4ccc5ccccc5c4)no3)C(=O)O[C@@]21C. The fraction of sp³-hybridized carbons (Fsp3) is 0.696. The number of nitrogens with zero attached hydrogens (tertiary/aromatic N) is 4. The molecule has 0 amide bonds. The number of ketones is 1. The van der Waals surface area contributed by atoms with Gasteiger partial charge in [-0.2, -0.15) is 4.98 Å². The van der Waals surface area contributed by atoms with Crippen LogP contribution in [0.5, 0.6) is 0 Å². The smallest absolute Gasteiger partial charge is 0.335 e. The predicted octanol–water partition coefficient (Wildman–Crippen LogP) is 5.53. The number of methoxy groups -OCH3 is 2. The molecule has 1 aromatic heterocycles. The topological polar surface area (TPSA) is 272 Å². The summed E-state index contributed by atoms with van der Waals surface area (Å²) in [4.78, 5) is 69.4. The number of ether oxygens (including phenoxy) is 8. The van der Waals surface area contributed by atoms with E-state index in [1.165, 1.54) is 14.2 Å². The number of amidine groups is 1. The van der Waals surface area contributed by atoms with Crippen LogP contribution in [0.4, 0.5) is 0 Å². The molecule has 4 N–H and O–H groups in total. The number of nitrogens with two attached hydrogens (primary N) is 1. The van der Waals surface area contributed by atoms with Gasteiger partial charge < -0.3 is 68.1 Å². The van der Waals surface area contributed by atoms with Crippen LogP contribution >= 0.6 is 0 Å². The Balaban J connectivity index is 1.20. The molecule has 10 unspecified atom stereocenters. The van der Waals surface area contributed by atoms with Crippen LogP contribution in [0, 0.1) is 35.5 Å². The van der Waals surface area contributed by atoms with Crippen LogP contribution in [0.1, 0.15) is 107 Å². The highest BCUT2D eigenvalue weighted by Crippen LogP contribution is 2.49. The summed E-state index contributed by atoms with van der Waals surface area (Å²) in [5, 5.41) is 33.1. The molecule has 4 aliphatic heterocycles. The molecule has 77 heavy (non-hydrogen) atoms. The number of carbonyl (C=O) groups is 4. The third-order valence-corrected chi connectivity index (χ3v) is 16.9. The lowest BCUT2D eigenvalue weighted by atomic mass is 9.67. The van der Waals surface area contributed by atoms with Crippen LogP contribution in [0.15, 0.2) is 52.1 Å². The fourth-order valence-corrected chi connectivity index (χ4v) is 12.3. The van der Waals surface area contributed by atoms with Gasteiger partial charge in [-0.15, -0.1) is 0 Å². The van der Waals surface area contributed by atoms with Gasteiger partial charge in [0.25, 0.3) is 0 Å². The maximum Gasteiger partial charge on any atom is 0.335 e. The lowest BCUT2D eigenvalue weighted by Gasteiger charge is -2.50. The summed E-state index contributed by atoms with van der Waals surface area (Å²) < 4.78 is 56.8. The zero-order chi connectivity index (χ0) is 56.5. The fourth-order valence-electron chi connectivity index (χ4n) is 12.3. The number of rotatable bonds is 14. The minimum absolute atomic E-state index is 0.00974. The number of carbonyl (C=O) groups excluding carboxylic acids is 4. The zero-order valence-corrected chi connectivity index (χ0v) is 47.0. The number of cyclic esters (lactones) is 1. The van der Waals surface area contributed by atoms with E-state index in [0.717, 1.165) is 16.3 Å². The molecule has 0 aliphatic carbocycles. The maximum atomic E-state index is 15.2. The Hall–Kier alpha value is -4.97. The van der Waals surface area contributed by atoms with E-state index in [9.17, 15) is 19.8 Å². The summed E-state index contributed by atoms with van der Waals surface area (Å²) >= 11 is 0. The highest BCUT2D eigenvalue weighted by atomic mass is 16.7. The number of likely N-dealkylation sites (N-methyl/N-ethyl adjacent to an activating group) is 1. The first kappa shape index (κ1) is 59.7. The van der Waals surface area contributed by atoms with Gasteiger partial charge in [-0.05, 0) is 91.7 Å². The summed E-state index contributed by atoms with van der Waals surface area (Å²) in [5.74, 6) is -8.94. The van der Waals surface area contributed by atoms with Crippen LogP contribution < -0.4 is 5.73 Å². The Labute approximate surface area is 451 Å².